The molecule has 1 aromatic carbocycles. The first-order valence-corrected chi connectivity index (χ1v) is 8.90. The molecule has 0 aliphatic heterocycles. The van der Waals surface area contributed by atoms with Crippen molar-refractivity contribution in [1.29, 1.82) is 0 Å². The lowest BCUT2D eigenvalue weighted by Crippen LogP contribution is -2.25. The second-order valence-electron chi connectivity index (χ2n) is 6.48. The molecule has 2 heterocycles. The van der Waals surface area contributed by atoms with Crippen molar-refractivity contribution in [3.63, 3.8) is 0 Å². The van der Waals surface area contributed by atoms with Crippen LogP contribution in [0.15, 0.2) is 44.1 Å². The lowest BCUT2D eigenvalue weighted by atomic mass is 9.91. The molecule has 1 amide bonds. The summed E-state index contributed by atoms with van der Waals surface area (Å²) in [6.45, 7) is 3.35. The number of amides is 1. The minimum absolute atomic E-state index is 0.0314. The molecule has 9 heteroatoms. The van der Waals surface area contributed by atoms with Crippen LogP contribution in [-0.2, 0) is 11.3 Å². The van der Waals surface area contributed by atoms with Crippen LogP contribution in [0.1, 0.15) is 41.1 Å². The molecular formula is C20H21N3O6. The van der Waals surface area contributed by atoms with Gasteiger partial charge in [-0.3, -0.25) is 9.59 Å². The average Bonchev–Trinajstić information content (AvgIpc) is 3.13. The van der Waals surface area contributed by atoms with E-state index in [0.29, 0.717) is 22.9 Å². The van der Waals surface area contributed by atoms with Crippen LogP contribution in [0.2, 0.25) is 0 Å². The van der Waals surface area contributed by atoms with Crippen molar-refractivity contribution in [2.75, 3.05) is 7.11 Å². The molecule has 1 unspecified atom stereocenters. The Labute approximate surface area is 166 Å². The normalized spacial score (nSPS) is 11.8. The number of hydrogen-bond donors (Lipinski definition) is 2. The molecular weight excluding hydrogens is 378 g/mol. The van der Waals surface area contributed by atoms with Gasteiger partial charge >= 0.3 is 0 Å². The minimum Gasteiger partial charge on any atom is -0.502 e. The molecule has 0 fully saturated rings. The Balaban J connectivity index is 1.88. The molecule has 2 N–H and O–H groups in total. The number of benzene rings is 1. The summed E-state index contributed by atoms with van der Waals surface area (Å²) in [6, 6.07) is 8.15. The number of carbonyl (C=O) groups excluding carboxylic acids is 1. The van der Waals surface area contributed by atoms with Gasteiger partial charge in [-0.05, 0) is 31.5 Å². The number of carbonyl (C=O) groups is 1. The SMILES string of the molecule is COc1ccc(C(CC(=O)NCc2nc(C)no2)c2oc(C)cc(=O)c2O)cc1. The van der Waals surface area contributed by atoms with E-state index in [0.717, 1.165) is 0 Å². The maximum atomic E-state index is 12.6. The lowest BCUT2D eigenvalue weighted by molar-refractivity contribution is -0.121. The molecule has 3 rings (SSSR count). The zero-order valence-electron chi connectivity index (χ0n) is 16.3. The van der Waals surface area contributed by atoms with Crippen molar-refractivity contribution in [3.05, 3.63) is 69.4 Å². The first-order chi connectivity index (χ1) is 13.9. The molecule has 9 nitrogen and oxygen atoms in total. The fraction of sp³-hybridized carbons (Fsp3) is 0.300. The van der Waals surface area contributed by atoms with E-state index in [9.17, 15) is 14.7 Å². The van der Waals surface area contributed by atoms with Gasteiger partial charge in [0.15, 0.2) is 11.6 Å². The fourth-order valence-corrected chi connectivity index (χ4v) is 2.90. The Bertz CT molecular complexity index is 1050. The first kappa shape index (κ1) is 20.1. The highest BCUT2D eigenvalue weighted by molar-refractivity contribution is 5.77. The molecule has 0 saturated carbocycles. The summed E-state index contributed by atoms with van der Waals surface area (Å²) in [5, 5.41) is 16.6. The van der Waals surface area contributed by atoms with Crippen LogP contribution >= 0.6 is 0 Å². The van der Waals surface area contributed by atoms with E-state index in [2.05, 4.69) is 15.5 Å². The monoisotopic (exact) mass is 399 g/mol. The van der Waals surface area contributed by atoms with Crippen LogP contribution in [0, 0.1) is 13.8 Å². The highest BCUT2D eigenvalue weighted by atomic mass is 16.5. The zero-order valence-corrected chi connectivity index (χ0v) is 16.3. The van der Waals surface area contributed by atoms with Crippen LogP contribution in [0.3, 0.4) is 0 Å². The molecule has 2 aromatic heterocycles. The molecule has 1 atom stereocenters. The minimum atomic E-state index is -0.682. The molecule has 0 spiro atoms. The van der Waals surface area contributed by atoms with Gasteiger partial charge in [0.05, 0.1) is 19.6 Å². The average molecular weight is 399 g/mol. The Hall–Kier alpha value is -3.62. The van der Waals surface area contributed by atoms with E-state index in [-0.39, 0.29) is 30.5 Å². The van der Waals surface area contributed by atoms with Crippen molar-refractivity contribution in [2.45, 2.75) is 32.7 Å². The third kappa shape index (κ3) is 4.81. The van der Waals surface area contributed by atoms with Crippen molar-refractivity contribution in [3.8, 4) is 11.5 Å². The summed E-state index contributed by atoms with van der Waals surface area (Å²) in [5.74, 6) is 0.212. The Morgan fingerprint density at radius 2 is 2.00 bits per heavy atom. The quantitative estimate of drug-likeness (QED) is 0.619. The molecule has 3 aromatic rings. The van der Waals surface area contributed by atoms with Gasteiger partial charge in [-0.25, -0.2) is 0 Å². The number of nitrogens with zero attached hydrogens (tertiary/aromatic N) is 2. The van der Waals surface area contributed by atoms with Gasteiger partial charge in [-0.15, -0.1) is 0 Å². The lowest BCUT2D eigenvalue weighted by Gasteiger charge is -2.18. The Morgan fingerprint density at radius 3 is 2.62 bits per heavy atom. The second kappa shape index (κ2) is 8.59. The number of hydrogen-bond acceptors (Lipinski definition) is 8. The fourth-order valence-electron chi connectivity index (χ4n) is 2.90. The molecule has 0 aliphatic rings. The van der Waals surface area contributed by atoms with Gasteiger partial charge in [-0.1, -0.05) is 17.3 Å². The third-order valence-corrected chi connectivity index (χ3v) is 4.30. The van der Waals surface area contributed by atoms with E-state index >= 15 is 0 Å². The summed E-state index contributed by atoms with van der Waals surface area (Å²) < 4.78 is 15.8. The standard InChI is InChI=1S/C20H21N3O6/c1-11-8-16(24)19(26)20(28-11)15(13-4-6-14(27-3)7-5-13)9-17(25)21-10-18-22-12(2)23-29-18/h4-8,15,26H,9-10H2,1-3H3,(H,21,25). The Kier molecular flexibility index (Phi) is 5.96. The van der Waals surface area contributed by atoms with Crippen molar-refractivity contribution in [1.82, 2.24) is 15.5 Å². The van der Waals surface area contributed by atoms with Crippen LogP contribution in [-0.4, -0.2) is 28.3 Å². The topological polar surface area (TPSA) is 128 Å². The molecule has 29 heavy (non-hydrogen) atoms. The van der Waals surface area contributed by atoms with Gasteiger partial charge in [-0.2, -0.15) is 4.98 Å². The maximum absolute atomic E-state index is 12.6. The number of aromatic hydroxyl groups is 1. The summed E-state index contributed by atoms with van der Waals surface area (Å²) in [7, 11) is 1.55. The predicted molar refractivity (Wildman–Crippen MR) is 102 cm³/mol. The molecule has 0 aliphatic carbocycles. The maximum Gasteiger partial charge on any atom is 0.246 e. The van der Waals surface area contributed by atoms with E-state index in [1.54, 1.807) is 45.2 Å². The number of aryl methyl sites for hydroxylation is 2. The van der Waals surface area contributed by atoms with Crippen molar-refractivity contribution >= 4 is 5.91 Å². The summed E-state index contributed by atoms with van der Waals surface area (Å²) in [5.41, 5.74) is 0.114. The highest BCUT2D eigenvalue weighted by Gasteiger charge is 2.26. The Morgan fingerprint density at radius 1 is 1.28 bits per heavy atom. The van der Waals surface area contributed by atoms with Crippen molar-refractivity contribution < 1.29 is 23.6 Å². The highest BCUT2D eigenvalue weighted by Crippen LogP contribution is 2.33. The van der Waals surface area contributed by atoms with Gasteiger partial charge in [0, 0.05) is 12.5 Å². The number of nitrogens with one attached hydrogen (secondary N) is 1. The van der Waals surface area contributed by atoms with E-state index in [1.165, 1.54) is 6.07 Å². The molecule has 0 bridgehead atoms. The van der Waals surface area contributed by atoms with Gasteiger partial charge in [0.1, 0.15) is 11.5 Å². The molecule has 152 valence electrons. The van der Waals surface area contributed by atoms with Gasteiger partial charge in [0.2, 0.25) is 23.0 Å². The third-order valence-electron chi connectivity index (χ3n) is 4.30. The number of rotatable bonds is 7. The molecule has 0 saturated heterocycles. The van der Waals surface area contributed by atoms with Gasteiger partial charge < -0.3 is 24.1 Å². The summed E-state index contributed by atoms with van der Waals surface area (Å²) in [4.78, 5) is 28.6. The van der Waals surface area contributed by atoms with Crippen LogP contribution in [0.25, 0.3) is 0 Å². The number of aromatic nitrogens is 2. The van der Waals surface area contributed by atoms with Crippen LogP contribution < -0.4 is 15.5 Å². The first-order valence-electron chi connectivity index (χ1n) is 8.90. The summed E-state index contributed by atoms with van der Waals surface area (Å²) >= 11 is 0. The van der Waals surface area contributed by atoms with Crippen LogP contribution in [0.5, 0.6) is 11.5 Å². The van der Waals surface area contributed by atoms with E-state index < -0.39 is 17.1 Å². The zero-order chi connectivity index (χ0) is 21.0. The largest absolute Gasteiger partial charge is 0.502 e. The van der Waals surface area contributed by atoms with Crippen molar-refractivity contribution in [2.24, 2.45) is 0 Å². The summed E-state index contributed by atoms with van der Waals surface area (Å²) in [6.07, 6.45) is -0.0700. The van der Waals surface area contributed by atoms with E-state index in [1.807, 2.05) is 0 Å². The molecule has 0 radical (unpaired) electrons. The smallest absolute Gasteiger partial charge is 0.246 e. The van der Waals surface area contributed by atoms with Gasteiger partial charge in [0.25, 0.3) is 0 Å². The van der Waals surface area contributed by atoms with Crippen LogP contribution in [0.4, 0.5) is 0 Å². The van der Waals surface area contributed by atoms with E-state index in [4.69, 9.17) is 13.7 Å². The number of methoxy groups -OCH3 is 1. The second-order valence-corrected chi connectivity index (χ2v) is 6.48. The predicted octanol–water partition coefficient (Wildman–Crippen LogP) is 2.19. The number of ether oxygens (including phenoxy) is 1.